The zero-order chi connectivity index (χ0) is 22.8. The number of nitrogens with zero attached hydrogens (tertiary/aromatic N) is 2. The van der Waals surface area contributed by atoms with Crippen LogP contribution in [-0.2, 0) is 17.6 Å². The summed E-state index contributed by atoms with van der Waals surface area (Å²) < 4.78 is 18.9. The largest absolute Gasteiger partial charge is 0.497 e. The molecular weight excluding hydrogens is 437 g/mol. The molecule has 3 aromatic rings. The second-order valence-electron chi connectivity index (χ2n) is 8.61. The summed E-state index contributed by atoms with van der Waals surface area (Å²) in [7, 11) is 1.68. The lowest BCUT2D eigenvalue weighted by atomic mass is 9.83. The molecule has 172 valence electrons. The molecule has 0 radical (unpaired) electrons. The van der Waals surface area contributed by atoms with Gasteiger partial charge < -0.3 is 19.9 Å². The van der Waals surface area contributed by atoms with E-state index in [2.05, 4.69) is 38.7 Å². The number of piperazine rings is 1. The molecule has 0 spiro atoms. The maximum Gasteiger partial charge on any atom is 0.225 e. The van der Waals surface area contributed by atoms with Gasteiger partial charge in [-0.15, -0.1) is 11.3 Å². The summed E-state index contributed by atoms with van der Waals surface area (Å²) in [5.41, 5.74) is 3.32. The molecule has 5 rings (SSSR count). The van der Waals surface area contributed by atoms with E-state index in [1.807, 2.05) is 24.3 Å². The van der Waals surface area contributed by atoms with Crippen molar-refractivity contribution in [2.24, 2.45) is 5.92 Å². The number of thiophene rings is 1. The van der Waals surface area contributed by atoms with Gasteiger partial charge in [0.15, 0.2) is 0 Å². The highest BCUT2D eigenvalue weighted by atomic mass is 32.1. The van der Waals surface area contributed by atoms with E-state index in [0.717, 1.165) is 36.6 Å². The first-order valence-corrected chi connectivity index (χ1v) is 12.2. The quantitative estimate of drug-likeness (QED) is 0.595. The maximum absolute atomic E-state index is 13.5. The third kappa shape index (κ3) is 4.55. The molecule has 0 saturated carbocycles. The Hall–Kier alpha value is -3.06. The number of hydrogen-bond donors (Lipinski definition) is 1. The second-order valence-corrected chi connectivity index (χ2v) is 9.64. The normalized spacial score (nSPS) is 19.6. The third-order valence-electron chi connectivity index (χ3n) is 6.70. The summed E-state index contributed by atoms with van der Waals surface area (Å²) in [5, 5.41) is 5.25. The van der Waals surface area contributed by atoms with Gasteiger partial charge in [-0.25, -0.2) is 4.39 Å². The lowest BCUT2D eigenvalue weighted by molar-refractivity contribution is -0.125. The van der Waals surface area contributed by atoms with Gasteiger partial charge in [-0.1, -0.05) is 12.1 Å². The van der Waals surface area contributed by atoms with Crippen LogP contribution in [0.25, 0.3) is 0 Å². The highest BCUT2D eigenvalue weighted by Gasteiger charge is 2.41. The second kappa shape index (κ2) is 9.43. The Morgan fingerprint density at radius 2 is 2.03 bits per heavy atom. The standard InChI is InChI=1S/C26H28FN3O2S/c1-32-21-9-4-18-15-23(26(31)28-11-10-22-3-2-14-33-22)25-17-29(12-13-30(25)24(18)16-21)20-7-5-19(27)6-8-20/h2-9,14,16,23,25H,10-13,15,17H2,1H3,(H,28,31)/t23-,25-/m1/s1. The molecule has 2 aliphatic heterocycles. The van der Waals surface area contributed by atoms with Gasteiger partial charge in [0, 0.05) is 48.5 Å². The molecule has 5 nitrogen and oxygen atoms in total. The molecule has 0 unspecified atom stereocenters. The average Bonchev–Trinajstić information content (AvgIpc) is 3.37. The van der Waals surface area contributed by atoms with Crippen molar-refractivity contribution in [2.45, 2.75) is 18.9 Å². The molecule has 0 aliphatic carbocycles. The number of carbonyl (C=O) groups excluding carboxylic acids is 1. The zero-order valence-corrected chi connectivity index (χ0v) is 19.5. The molecule has 0 bridgehead atoms. The fraction of sp³-hybridized carbons (Fsp3) is 0.346. The summed E-state index contributed by atoms with van der Waals surface area (Å²) in [5.74, 6) is 0.535. The number of carbonyl (C=O) groups is 1. The molecule has 2 aliphatic rings. The zero-order valence-electron chi connectivity index (χ0n) is 18.7. The number of benzene rings is 2. The van der Waals surface area contributed by atoms with Crippen molar-refractivity contribution < 1.29 is 13.9 Å². The number of nitrogens with one attached hydrogen (secondary N) is 1. The summed E-state index contributed by atoms with van der Waals surface area (Å²) in [4.78, 5) is 19.3. The molecule has 1 aromatic heterocycles. The molecule has 1 N–H and O–H groups in total. The van der Waals surface area contributed by atoms with Crippen LogP contribution in [0.1, 0.15) is 10.4 Å². The van der Waals surface area contributed by atoms with Crippen molar-refractivity contribution in [1.82, 2.24) is 5.32 Å². The van der Waals surface area contributed by atoms with E-state index in [0.29, 0.717) is 19.5 Å². The van der Waals surface area contributed by atoms with E-state index < -0.39 is 0 Å². The molecule has 1 amide bonds. The predicted octanol–water partition coefficient (Wildman–Crippen LogP) is 4.12. The molecule has 33 heavy (non-hydrogen) atoms. The highest BCUT2D eigenvalue weighted by molar-refractivity contribution is 7.09. The minimum absolute atomic E-state index is 0.0325. The average molecular weight is 466 g/mol. The fourth-order valence-electron chi connectivity index (χ4n) is 4.99. The Morgan fingerprint density at radius 1 is 1.18 bits per heavy atom. The topological polar surface area (TPSA) is 44.8 Å². The van der Waals surface area contributed by atoms with Crippen LogP contribution < -0.4 is 19.9 Å². The summed E-state index contributed by atoms with van der Waals surface area (Å²) >= 11 is 1.72. The van der Waals surface area contributed by atoms with Gasteiger partial charge >= 0.3 is 0 Å². The first-order valence-electron chi connectivity index (χ1n) is 11.4. The van der Waals surface area contributed by atoms with Crippen LogP contribution in [0.4, 0.5) is 15.8 Å². The molecule has 3 heterocycles. The van der Waals surface area contributed by atoms with Gasteiger partial charge in [-0.05, 0) is 60.2 Å². The summed E-state index contributed by atoms with van der Waals surface area (Å²) in [6, 6.07) is 17.0. The van der Waals surface area contributed by atoms with Gasteiger partial charge in [0.05, 0.1) is 19.1 Å². The van der Waals surface area contributed by atoms with Crippen LogP contribution in [0, 0.1) is 11.7 Å². The highest BCUT2D eigenvalue weighted by Crippen LogP contribution is 2.39. The van der Waals surface area contributed by atoms with Crippen LogP contribution >= 0.6 is 11.3 Å². The van der Waals surface area contributed by atoms with Crippen molar-refractivity contribution in [3.05, 3.63) is 76.2 Å². The molecule has 2 aromatic carbocycles. The number of rotatable bonds is 6. The number of amides is 1. The van der Waals surface area contributed by atoms with Crippen molar-refractivity contribution in [1.29, 1.82) is 0 Å². The van der Waals surface area contributed by atoms with Crippen LogP contribution in [-0.4, -0.2) is 45.2 Å². The third-order valence-corrected chi connectivity index (χ3v) is 7.64. The lowest BCUT2D eigenvalue weighted by Crippen LogP contribution is -2.61. The Labute approximate surface area is 197 Å². The Balaban J connectivity index is 1.38. The first-order chi connectivity index (χ1) is 16.1. The van der Waals surface area contributed by atoms with Crippen molar-refractivity contribution in [3.8, 4) is 5.75 Å². The minimum Gasteiger partial charge on any atom is -0.497 e. The van der Waals surface area contributed by atoms with Gasteiger partial charge in [0.25, 0.3) is 0 Å². The van der Waals surface area contributed by atoms with E-state index >= 15 is 0 Å². The van der Waals surface area contributed by atoms with Crippen LogP contribution in [0.2, 0.25) is 0 Å². The number of anilines is 2. The lowest BCUT2D eigenvalue weighted by Gasteiger charge is -2.49. The summed E-state index contributed by atoms with van der Waals surface area (Å²) in [6.07, 6.45) is 1.54. The van der Waals surface area contributed by atoms with Crippen LogP contribution in [0.15, 0.2) is 60.0 Å². The van der Waals surface area contributed by atoms with Crippen LogP contribution in [0.3, 0.4) is 0 Å². The smallest absolute Gasteiger partial charge is 0.225 e. The summed E-state index contributed by atoms with van der Waals surface area (Å²) in [6.45, 7) is 2.96. The molecule has 7 heteroatoms. The van der Waals surface area contributed by atoms with E-state index in [4.69, 9.17) is 4.74 Å². The van der Waals surface area contributed by atoms with Crippen molar-refractivity contribution in [3.63, 3.8) is 0 Å². The van der Waals surface area contributed by atoms with E-state index in [9.17, 15) is 9.18 Å². The molecule has 1 fully saturated rings. The van der Waals surface area contributed by atoms with E-state index in [-0.39, 0.29) is 23.7 Å². The number of hydrogen-bond acceptors (Lipinski definition) is 5. The van der Waals surface area contributed by atoms with Gasteiger partial charge in [-0.2, -0.15) is 0 Å². The Bertz CT molecular complexity index is 1100. The van der Waals surface area contributed by atoms with E-state index in [1.54, 1.807) is 18.4 Å². The Morgan fingerprint density at radius 3 is 2.79 bits per heavy atom. The fourth-order valence-corrected chi connectivity index (χ4v) is 5.69. The maximum atomic E-state index is 13.5. The van der Waals surface area contributed by atoms with E-state index in [1.165, 1.54) is 22.6 Å². The van der Waals surface area contributed by atoms with Crippen molar-refractivity contribution >= 4 is 28.6 Å². The molecule has 1 saturated heterocycles. The van der Waals surface area contributed by atoms with Crippen molar-refractivity contribution in [2.75, 3.05) is 43.1 Å². The number of halogens is 1. The minimum atomic E-state index is -0.237. The number of ether oxygens (including phenoxy) is 1. The first kappa shape index (κ1) is 21.8. The van der Waals surface area contributed by atoms with Gasteiger partial charge in [0.1, 0.15) is 11.6 Å². The van der Waals surface area contributed by atoms with Crippen LogP contribution in [0.5, 0.6) is 5.75 Å². The van der Waals surface area contributed by atoms with Gasteiger partial charge in [-0.3, -0.25) is 4.79 Å². The molecular formula is C26H28FN3O2S. The van der Waals surface area contributed by atoms with Gasteiger partial charge in [0.2, 0.25) is 5.91 Å². The Kier molecular flexibility index (Phi) is 6.22. The molecule has 2 atom stereocenters. The predicted molar refractivity (Wildman–Crippen MR) is 131 cm³/mol. The number of fused-ring (bicyclic) bond motifs is 3. The monoisotopic (exact) mass is 465 g/mol. The SMILES string of the molecule is COc1ccc2c(c1)N1CCN(c3ccc(F)cc3)C[C@@H]1[C@H](C(=O)NCCc1cccs1)C2. The number of methoxy groups -OCH3 is 1.